The minimum atomic E-state index is 0.509. The van der Waals surface area contributed by atoms with Crippen molar-refractivity contribution in [1.82, 2.24) is 0 Å². The van der Waals surface area contributed by atoms with Crippen LogP contribution in [0.15, 0.2) is 0 Å². The van der Waals surface area contributed by atoms with E-state index in [1.54, 1.807) is 0 Å². The Bertz CT molecular complexity index is 90.2. The van der Waals surface area contributed by atoms with Crippen LogP contribution in [0.5, 0.6) is 0 Å². The van der Waals surface area contributed by atoms with Gasteiger partial charge in [-0.3, -0.25) is 0 Å². The second-order valence-electron chi connectivity index (χ2n) is 4.29. The number of hydrogen-bond acceptors (Lipinski definition) is 0. The average Bonchev–Trinajstić information content (AvgIpc) is 1.86. The van der Waals surface area contributed by atoms with Crippen LogP contribution in [0.1, 0.15) is 48.0 Å². The third kappa shape index (κ3) is 2.00. The van der Waals surface area contributed by atoms with Gasteiger partial charge >= 0.3 is 0 Å². The van der Waals surface area contributed by atoms with Crippen molar-refractivity contribution in [3.8, 4) is 0 Å². The first-order chi connectivity index (χ1) is 4.42. The molecule has 0 aliphatic heterocycles. The molecule has 0 spiro atoms. The Labute approximate surface area is 66.0 Å². The van der Waals surface area contributed by atoms with Crippen molar-refractivity contribution >= 4 is 0 Å². The lowest BCUT2D eigenvalue weighted by atomic mass is 9.71. The Hall–Kier alpha value is 0. The third-order valence-corrected chi connectivity index (χ3v) is 3.37. The van der Waals surface area contributed by atoms with Gasteiger partial charge in [-0.15, -0.1) is 0 Å². The summed E-state index contributed by atoms with van der Waals surface area (Å²) in [5.41, 5.74) is 0.509. The molecule has 62 valence electrons. The zero-order chi connectivity index (χ0) is 8.36. The van der Waals surface area contributed by atoms with Crippen LogP contribution in [0.3, 0.4) is 0 Å². The summed E-state index contributed by atoms with van der Waals surface area (Å²) < 4.78 is 0. The second-order valence-corrected chi connectivity index (χ2v) is 4.29. The molecule has 0 saturated heterocycles. The fourth-order valence-corrected chi connectivity index (χ4v) is 1.10. The topological polar surface area (TPSA) is 0 Å². The Morgan fingerprint density at radius 1 is 1.10 bits per heavy atom. The van der Waals surface area contributed by atoms with Gasteiger partial charge in [-0.2, -0.15) is 0 Å². The Morgan fingerprint density at radius 3 is 1.60 bits per heavy atom. The molecule has 10 heavy (non-hydrogen) atoms. The molecule has 0 heterocycles. The van der Waals surface area contributed by atoms with Crippen molar-refractivity contribution in [3.05, 3.63) is 0 Å². The Morgan fingerprint density at radius 2 is 1.50 bits per heavy atom. The summed E-state index contributed by atoms with van der Waals surface area (Å²) in [6, 6.07) is 0. The van der Waals surface area contributed by atoms with E-state index in [1.165, 1.54) is 6.42 Å². The summed E-state index contributed by atoms with van der Waals surface area (Å²) in [6.45, 7) is 14.0. The maximum absolute atomic E-state index is 2.37. The summed E-state index contributed by atoms with van der Waals surface area (Å²) in [5.74, 6) is 1.63. The van der Waals surface area contributed by atoms with Gasteiger partial charge < -0.3 is 0 Å². The molecule has 0 N–H and O–H groups in total. The van der Waals surface area contributed by atoms with E-state index in [0.29, 0.717) is 5.41 Å². The van der Waals surface area contributed by atoms with Gasteiger partial charge in [0.2, 0.25) is 0 Å². The average molecular weight is 142 g/mol. The lowest BCUT2D eigenvalue weighted by Crippen LogP contribution is -2.27. The van der Waals surface area contributed by atoms with E-state index in [4.69, 9.17) is 0 Å². The van der Waals surface area contributed by atoms with E-state index < -0.39 is 0 Å². The maximum Gasteiger partial charge on any atom is -0.0306 e. The molecular weight excluding hydrogens is 120 g/mol. The molecule has 0 rings (SSSR count). The number of hydrogen-bond donors (Lipinski definition) is 0. The summed E-state index contributed by atoms with van der Waals surface area (Å²) in [4.78, 5) is 0. The van der Waals surface area contributed by atoms with Gasteiger partial charge in [-0.1, -0.05) is 48.0 Å². The molecule has 0 aliphatic carbocycles. The highest BCUT2D eigenvalue weighted by atomic mass is 14.3. The summed E-state index contributed by atoms with van der Waals surface area (Å²) in [6.07, 6.45) is 1.30. The lowest BCUT2D eigenvalue weighted by molar-refractivity contribution is 0.147. The van der Waals surface area contributed by atoms with Crippen LogP contribution in [0.25, 0.3) is 0 Å². The van der Waals surface area contributed by atoms with E-state index in [0.717, 1.165) is 11.8 Å². The normalized spacial score (nSPS) is 15.9. The zero-order valence-corrected chi connectivity index (χ0v) is 8.36. The van der Waals surface area contributed by atoms with Crippen molar-refractivity contribution in [1.29, 1.82) is 0 Å². The van der Waals surface area contributed by atoms with Crippen molar-refractivity contribution < 1.29 is 0 Å². The highest BCUT2D eigenvalue weighted by molar-refractivity contribution is 4.77. The molecule has 0 fully saturated rings. The first-order valence-corrected chi connectivity index (χ1v) is 4.42. The molecule has 0 saturated carbocycles. The van der Waals surface area contributed by atoms with E-state index in [-0.39, 0.29) is 0 Å². The molecule has 0 aromatic heterocycles. The van der Waals surface area contributed by atoms with Crippen LogP contribution in [0.4, 0.5) is 0 Å². The van der Waals surface area contributed by atoms with Crippen LogP contribution < -0.4 is 0 Å². The molecule has 0 aromatic carbocycles. The third-order valence-electron chi connectivity index (χ3n) is 3.37. The zero-order valence-electron chi connectivity index (χ0n) is 8.36. The predicted octanol–water partition coefficient (Wildman–Crippen LogP) is 3.71. The van der Waals surface area contributed by atoms with Crippen LogP contribution >= 0.6 is 0 Å². The van der Waals surface area contributed by atoms with Crippen LogP contribution in [0.2, 0.25) is 0 Å². The Balaban J connectivity index is 4.09. The molecule has 0 aliphatic rings. The van der Waals surface area contributed by atoms with Gasteiger partial charge in [0.25, 0.3) is 0 Å². The molecule has 1 unspecified atom stereocenters. The second kappa shape index (κ2) is 3.41. The molecule has 0 bridgehead atoms. The van der Waals surface area contributed by atoms with Crippen LogP contribution in [0, 0.1) is 17.3 Å². The van der Waals surface area contributed by atoms with Crippen LogP contribution in [-0.2, 0) is 0 Å². The van der Waals surface area contributed by atoms with Gasteiger partial charge in [0.15, 0.2) is 0 Å². The van der Waals surface area contributed by atoms with Gasteiger partial charge in [0, 0.05) is 0 Å². The van der Waals surface area contributed by atoms with Gasteiger partial charge in [0.1, 0.15) is 0 Å². The molecule has 0 amide bonds. The first-order valence-electron chi connectivity index (χ1n) is 4.42. The van der Waals surface area contributed by atoms with Crippen molar-refractivity contribution in [2.75, 3.05) is 0 Å². The Kier molecular flexibility index (Phi) is 3.41. The van der Waals surface area contributed by atoms with E-state index in [9.17, 15) is 0 Å². The first kappa shape index (κ1) is 10.0. The van der Waals surface area contributed by atoms with E-state index >= 15 is 0 Å². The van der Waals surface area contributed by atoms with Crippen molar-refractivity contribution in [2.45, 2.75) is 48.0 Å². The summed E-state index contributed by atoms with van der Waals surface area (Å²) in [5, 5.41) is 0. The molecule has 0 heteroatoms. The number of rotatable bonds is 3. The molecule has 0 radical (unpaired) electrons. The standard InChI is InChI=1S/C10H22/c1-7-9(4)10(5,6)8(2)3/h8-9H,7H2,1-6H3. The van der Waals surface area contributed by atoms with Crippen molar-refractivity contribution in [3.63, 3.8) is 0 Å². The predicted molar refractivity (Wildman–Crippen MR) is 48.1 cm³/mol. The summed E-state index contributed by atoms with van der Waals surface area (Å²) in [7, 11) is 0. The molecule has 0 aromatic rings. The van der Waals surface area contributed by atoms with Gasteiger partial charge in [0.05, 0.1) is 0 Å². The highest BCUT2D eigenvalue weighted by Crippen LogP contribution is 2.36. The van der Waals surface area contributed by atoms with Crippen LogP contribution in [-0.4, -0.2) is 0 Å². The fraction of sp³-hybridized carbons (Fsp3) is 1.00. The fourth-order valence-electron chi connectivity index (χ4n) is 1.10. The smallest absolute Gasteiger partial charge is 0.0306 e. The minimum absolute atomic E-state index is 0.509. The van der Waals surface area contributed by atoms with E-state index in [1.807, 2.05) is 0 Å². The summed E-state index contributed by atoms with van der Waals surface area (Å²) >= 11 is 0. The highest BCUT2D eigenvalue weighted by Gasteiger charge is 2.27. The largest absolute Gasteiger partial charge is 0.0651 e. The quantitative estimate of drug-likeness (QED) is 0.563. The van der Waals surface area contributed by atoms with Gasteiger partial charge in [-0.05, 0) is 17.3 Å². The molecule has 1 atom stereocenters. The molecule has 0 nitrogen and oxygen atoms in total. The minimum Gasteiger partial charge on any atom is -0.0651 e. The van der Waals surface area contributed by atoms with Gasteiger partial charge in [-0.25, -0.2) is 0 Å². The SMILES string of the molecule is CCC(C)C(C)(C)C(C)C. The van der Waals surface area contributed by atoms with E-state index in [2.05, 4.69) is 41.5 Å². The lowest BCUT2D eigenvalue weighted by Gasteiger charge is -2.35. The maximum atomic E-state index is 2.37. The molecular formula is C10H22. The van der Waals surface area contributed by atoms with Crippen molar-refractivity contribution in [2.24, 2.45) is 17.3 Å². The monoisotopic (exact) mass is 142 g/mol.